The standard InChI is InChI=1S/C12H15N3O5S/c13-9-1-2-11(15(17)18)10(5-9)12(16)14-6-8-3-4-21(19,20)7-8/h1-2,5,8H,3-4,6-7,13H2,(H,14,16). The molecule has 1 aromatic carbocycles. The molecule has 1 amide bonds. The van der Waals surface area contributed by atoms with Crippen molar-refractivity contribution in [1.29, 1.82) is 0 Å². The first-order valence-corrected chi connectivity index (χ1v) is 8.13. The molecule has 1 unspecified atom stereocenters. The highest BCUT2D eigenvalue weighted by Crippen LogP contribution is 2.22. The Morgan fingerprint density at radius 1 is 1.48 bits per heavy atom. The molecule has 114 valence electrons. The summed E-state index contributed by atoms with van der Waals surface area (Å²) < 4.78 is 22.7. The second-order valence-corrected chi connectivity index (χ2v) is 7.24. The van der Waals surface area contributed by atoms with Gasteiger partial charge in [-0.05, 0) is 24.5 Å². The van der Waals surface area contributed by atoms with Gasteiger partial charge in [0.1, 0.15) is 5.56 Å². The molecule has 1 fully saturated rings. The zero-order valence-electron chi connectivity index (χ0n) is 11.1. The summed E-state index contributed by atoms with van der Waals surface area (Å²) in [6, 6.07) is 3.75. The minimum Gasteiger partial charge on any atom is -0.399 e. The number of benzene rings is 1. The second-order valence-electron chi connectivity index (χ2n) is 5.01. The highest BCUT2D eigenvalue weighted by atomic mass is 32.2. The number of carbonyl (C=O) groups is 1. The maximum Gasteiger partial charge on any atom is 0.282 e. The highest BCUT2D eigenvalue weighted by Gasteiger charge is 2.28. The Bertz CT molecular complexity index is 686. The Kier molecular flexibility index (Phi) is 4.12. The van der Waals surface area contributed by atoms with Crippen molar-refractivity contribution >= 4 is 27.1 Å². The molecule has 3 N–H and O–H groups in total. The maximum absolute atomic E-state index is 12.0. The monoisotopic (exact) mass is 313 g/mol. The van der Waals surface area contributed by atoms with Gasteiger partial charge in [-0.1, -0.05) is 0 Å². The lowest BCUT2D eigenvalue weighted by Gasteiger charge is -2.10. The lowest BCUT2D eigenvalue weighted by molar-refractivity contribution is -0.385. The molecule has 9 heteroatoms. The highest BCUT2D eigenvalue weighted by molar-refractivity contribution is 7.91. The predicted octanol–water partition coefficient (Wildman–Crippen LogP) is 0.342. The maximum atomic E-state index is 12.0. The fourth-order valence-corrected chi connectivity index (χ4v) is 4.12. The van der Waals surface area contributed by atoms with Crippen LogP contribution in [0.4, 0.5) is 11.4 Å². The van der Waals surface area contributed by atoms with Crippen LogP contribution in [0.1, 0.15) is 16.8 Å². The number of hydrogen-bond acceptors (Lipinski definition) is 6. The van der Waals surface area contributed by atoms with Crippen LogP contribution in [-0.2, 0) is 9.84 Å². The van der Waals surface area contributed by atoms with Crippen molar-refractivity contribution in [1.82, 2.24) is 5.32 Å². The third-order valence-corrected chi connectivity index (χ3v) is 5.18. The summed E-state index contributed by atoms with van der Waals surface area (Å²) in [5, 5.41) is 13.4. The van der Waals surface area contributed by atoms with Gasteiger partial charge in [0, 0.05) is 18.3 Å². The van der Waals surface area contributed by atoms with Crippen LogP contribution in [0, 0.1) is 16.0 Å². The van der Waals surface area contributed by atoms with Crippen LogP contribution < -0.4 is 11.1 Å². The average Bonchev–Trinajstić information content (AvgIpc) is 2.75. The molecule has 1 saturated heterocycles. The van der Waals surface area contributed by atoms with Gasteiger partial charge in [0.05, 0.1) is 16.4 Å². The largest absolute Gasteiger partial charge is 0.399 e. The van der Waals surface area contributed by atoms with Gasteiger partial charge in [-0.25, -0.2) is 8.42 Å². The lowest BCUT2D eigenvalue weighted by atomic mass is 10.1. The molecule has 1 atom stereocenters. The summed E-state index contributed by atoms with van der Waals surface area (Å²) in [6.45, 7) is 0.171. The van der Waals surface area contributed by atoms with Gasteiger partial charge in [-0.2, -0.15) is 0 Å². The number of carbonyl (C=O) groups excluding carboxylic acids is 1. The van der Waals surface area contributed by atoms with E-state index in [4.69, 9.17) is 5.73 Å². The third kappa shape index (κ3) is 3.69. The van der Waals surface area contributed by atoms with E-state index in [0.717, 1.165) is 0 Å². The Morgan fingerprint density at radius 2 is 2.19 bits per heavy atom. The molecule has 0 saturated carbocycles. The number of nitrogens with zero attached hydrogens (tertiary/aromatic N) is 1. The summed E-state index contributed by atoms with van der Waals surface area (Å²) in [6.07, 6.45) is 0.488. The van der Waals surface area contributed by atoms with Crippen LogP contribution in [0.25, 0.3) is 0 Å². The second kappa shape index (κ2) is 5.68. The Morgan fingerprint density at radius 3 is 2.76 bits per heavy atom. The van der Waals surface area contributed by atoms with E-state index in [0.29, 0.717) is 6.42 Å². The van der Waals surface area contributed by atoms with Gasteiger partial charge in [0.2, 0.25) is 0 Å². The predicted molar refractivity (Wildman–Crippen MR) is 76.6 cm³/mol. The molecule has 1 aliphatic rings. The SMILES string of the molecule is Nc1ccc([N+](=O)[O-])c(C(=O)NCC2CCS(=O)(=O)C2)c1. The number of nitrogens with one attached hydrogen (secondary N) is 1. The number of nitrogen functional groups attached to an aromatic ring is 1. The molecule has 1 aliphatic heterocycles. The van der Waals surface area contributed by atoms with Crippen LogP contribution in [-0.4, -0.2) is 37.3 Å². The van der Waals surface area contributed by atoms with E-state index in [-0.39, 0.29) is 40.9 Å². The van der Waals surface area contributed by atoms with E-state index in [9.17, 15) is 23.3 Å². The molecule has 8 nitrogen and oxygen atoms in total. The number of nitro benzene ring substituents is 1. The topological polar surface area (TPSA) is 132 Å². The van der Waals surface area contributed by atoms with Crippen molar-refractivity contribution in [3.05, 3.63) is 33.9 Å². The minimum atomic E-state index is -3.02. The number of hydrogen-bond donors (Lipinski definition) is 2. The molecule has 21 heavy (non-hydrogen) atoms. The first kappa shape index (κ1) is 15.2. The van der Waals surface area contributed by atoms with E-state index in [1.165, 1.54) is 18.2 Å². The smallest absolute Gasteiger partial charge is 0.282 e. The van der Waals surface area contributed by atoms with Crippen molar-refractivity contribution in [3.63, 3.8) is 0 Å². The Balaban J connectivity index is 2.07. The van der Waals surface area contributed by atoms with E-state index in [1.54, 1.807) is 0 Å². The molecule has 0 bridgehead atoms. The first-order chi connectivity index (χ1) is 9.78. The molecule has 0 radical (unpaired) electrons. The molecule has 1 heterocycles. The summed E-state index contributed by atoms with van der Waals surface area (Å²) in [4.78, 5) is 22.2. The van der Waals surface area contributed by atoms with Crippen LogP contribution >= 0.6 is 0 Å². The van der Waals surface area contributed by atoms with Gasteiger partial charge >= 0.3 is 0 Å². The molecule has 0 aliphatic carbocycles. The van der Waals surface area contributed by atoms with Crippen molar-refractivity contribution in [2.45, 2.75) is 6.42 Å². The van der Waals surface area contributed by atoms with Gasteiger partial charge in [0.15, 0.2) is 9.84 Å². The van der Waals surface area contributed by atoms with Gasteiger partial charge < -0.3 is 11.1 Å². The lowest BCUT2D eigenvalue weighted by Crippen LogP contribution is -2.30. The number of nitro groups is 1. The number of rotatable bonds is 4. The molecular weight excluding hydrogens is 298 g/mol. The third-order valence-electron chi connectivity index (χ3n) is 3.34. The average molecular weight is 313 g/mol. The number of sulfone groups is 1. The van der Waals surface area contributed by atoms with Crippen molar-refractivity contribution in [2.75, 3.05) is 23.8 Å². The van der Waals surface area contributed by atoms with Crippen molar-refractivity contribution in [2.24, 2.45) is 5.92 Å². The molecule has 2 rings (SSSR count). The van der Waals surface area contributed by atoms with E-state index < -0.39 is 20.7 Å². The number of anilines is 1. The summed E-state index contributed by atoms with van der Waals surface area (Å²) in [5.41, 5.74) is 5.33. The Labute approximate surface area is 121 Å². The Hall–Kier alpha value is -2.16. The van der Waals surface area contributed by atoms with Crippen LogP contribution in [0.2, 0.25) is 0 Å². The quantitative estimate of drug-likeness (QED) is 0.468. The van der Waals surface area contributed by atoms with Crippen LogP contribution in [0.15, 0.2) is 18.2 Å². The van der Waals surface area contributed by atoms with Crippen LogP contribution in [0.3, 0.4) is 0 Å². The van der Waals surface area contributed by atoms with Gasteiger partial charge in [-0.15, -0.1) is 0 Å². The van der Waals surface area contributed by atoms with Crippen molar-refractivity contribution < 1.29 is 18.1 Å². The normalized spacial score (nSPS) is 20.1. The molecule has 0 spiro atoms. The molecule has 0 aromatic heterocycles. The summed E-state index contributed by atoms with van der Waals surface area (Å²) in [5.74, 6) is -0.629. The van der Waals surface area contributed by atoms with Gasteiger partial charge in [0.25, 0.3) is 11.6 Å². The van der Waals surface area contributed by atoms with E-state index in [1.807, 2.05) is 0 Å². The van der Waals surface area contributed by atoms with Gasteiger partial charge in [-0.3, -0.25) is 14.9 Å². The zero-order chi connectivity index (χ0) is 15.6. The number of nitrogens with two attached hydrogens (primary N) is 1. The van der Waals surface area contributed by atoms with E-state index in [2.05, 4.69) is 5.32 Å². The summed E-state index contributed by atoms with van der Waals surface area (Å²) >= 11 is 0. The van der Waals surface area contributed by atoms with Crippen molar-refractivity contribution in [3.8, 4) is 0 Å². The van der Waals surface area contributed by atoms with Crippen LogP contribution in [0.5, 0.6) is 0 Å². The summed E-state index contributed by atoms with van der Waals surface area (Å²) in [7, 11) is -3.02. The van der Waals surface area contributed by atoms with E-state index >= 15 is 0 Å². The minimum absolute atomic E-state index is 0.0340. The molecule has 1 aromatic rings. The zero-order valence-corrected chi connectivity index (χ0v) is 11.9. The number of amides is 1. The molecular formula is C12H15N3O5S. The fourth-order valence-electron chi connectivity index (χ4n) is 2.26. The fraction of sp³-hybridized carbons (Fsp3) is 0.417. The first-order valence-electron chi connectivity index (χ1n) is 6.31.